The van der Waals surface area contributed by atoms with Crippen LogP contribution in [-0.2, 0) is 9.78 Å². The van der Waals surface area contributed by atoms with Gasteiger partial charge in [0.2, 0.25) is 0 Å². The zero-order valence-corrected chi connectivity index (χ0v) is 11.5. The van der Waals surface area contributed by atoms with E-state index in [4.69, 9.17) is 23.2 Å². The molecule has 102 valence electrons. The number of hydrogen-bond acceptors (Lipinski definition) is 4. The van der Waals surface area contributed by atoms with Gasteiger partial charge >= 0.3 is 11.9 Å². The van der Waals surface area contributed by atoms with Gasteiger partial charge in [0, 0.05) is 0 Å². The molecule has 6 heteroatoms. The van der Waals surface area contributed by atoms with Gasteiger partial charge in [0.1, 0.15) is 0 Å². The normalized spacial score (nSPS) is 9.90. The summed E-state index contributed by atoms with van der Waals surface area (Å²) in [6, 6.07) is 12.6. The molecule has 0 aromatic heterocycles. The highest BCUT2D eigenvalue weighted by Crippen LogP contribution is 2.26. The Kier molecular flexibility index (Phi) is 4.61. The molecule has 0 aliphatic rings. The maximum atomic E-state index is 11.7. The first kappa shape index (κ1) is 14.4. The lowest BCUT2D eigenvalue weighted by Gasteiger charge is -2.05. The molecule has 0 aliphatic carbocycles. The smallest absolute Gasteiger partial charge is 0.242 e. The van der Waals surface area contributed by atoms with E-state index in [1.54, 1.807) is 18.2 Å². The molecule has 0 spiro atoms. The molecule has 2 aromatic carbocycles. The Labute approximate surface area is 124 Å². The van der Waals surface area contributed by atoms with Gasteiger partial charge in [0.05, 0.1) is 21.2 Å². The lowest BCUT2D eigenvalue weighted by molar-refractivity contribution is -0.187. The van der Waals surface area contributed by atoms with Crippen molar-refractivity contribution in [2.45, 2.75) is 0 Å². The average Bonchev–Trinajstić information content (AvgIpc) is 2.48. The van der Waals surface area contributed by atoms with Crippen LogP contribution in [0.25, 0.3) is 0 Å². The molecule has 20 heavy (non-hydrogen) atoms. The molecule has 0 fully saturated rings. The first-order chi connectivity index (χ1) is 9.59. The minimum atomic E-state index is -0.901. The Bertz CT molecular complexity index is 641. The fourth-order valence-corrected chi connectivity index (χ4v) is 1.78. The Morgan fingerprint density at radius 3 is 2.15 bits per heavy atom. The summed E-state index contributed by atoms with van der Waals surface area (Å²) in [6.07, 6.45) is 0. The molecule has 0 unspecified atom stereocenters. The molecular formula is C14H8Cl2O4. The van der Waals surface area contributed by atoms with E-state index in [1.807, 2.05) is 0 Å². The SMILES string of the molecule is O=C(OOC(=O)c1cccc(Cl)c1Cl)c1ccccc1. The maximum Gasteiger partial charge on any atom is 0.387 e. The predicted molar refractivity (Wildman–Crippen MR) is 73.7 cm³/mol. The topological polar surface area (TPSA) is 52.6 Å². The van der Waals surface area contributed by atoms with Crippen LogP contribution in [0.2, 0.25) is 10.0 Å². The minimum Gasteiger partial charge on any atom is -0.242 e. The Balaban J connectivity index is 2.03. The second-order valence-electron chi connectivity index (χ2n) is 3.71. The summed E-state index contributed by atoms with van der Waals surface area (Å²) in [4.78, 5) is 32.2. The zero-order chi connectivity index (χ0) is 14.5. The molecule has 0 aliphatic heterocycles. The van der Waals surface area contributed by atoms with Crippen molar-refractivity contribution < 1.29 is 19.4 Å². The van der Waals surface area contributed by atoms with E-state index in [2.05, 4.69) is 9.78 Å². The molecule has 0 saturated heterocycles. The molecule has 2 aromatic rings. The quantitative estimate of drug-likeness (QED) is 0.623. The van der Waals surface area contributed by atoms with E-state index >= 15 is 0 Å². The van der Waals surface area contributed by atoms with Crippen LogP contribution in [0.15, 0.2) is 48.5 Å². The number of carbonyl (C=O) groups is 2. The van der Waals surface area contributed by atoms with Crippen molar-refractivity contribution in [2.24, 2.45) is 0 Å². The van der Waals surface area contributed by atoms with E-state index < -0.39 is 11.9 Å². The van der Waals surface area contributed by atoms with Gasteiger partial charge in [0.25, 0.3) is 0 Å². The van der Waals surface area contributed by atoms with Gasteiger partial charge in [-0.2, -0.15) is 0 Å². The van der Waals surface area contributed by atoms with Crippen molar-refractivity contribution in [1.29, 1.82) is 0 Å². The summed E-state index contributed by atoms with van der Waals surface area (Å²) in [7, 11) is 0. The largest absolute Gasteiger partial charge is 0.387 e. The summed E-state index contributed by atoms with van der Waals surface area (Å²) >= 11 is 11.6. The highest BCUT2D eigenvalue weighted by atomic mass is 35.5. The summed E-state index contributed by atoms with van der Waals surface area (Å²) < 4.78 is 0. The van der Waals surface area contributed by atoms with Crippen LogP contribution in [-0.4, -0.2) is 11.9 Å². The lowest BCUT2D eigenvalue weighted by Crippen LogP contribution is -2.12. The molecule has 0 saturated carbocycles. The third-order valence-electron chi connectivity index (χ3n) is 2.37. The molecule has 0 heterocycles. The van der Waals surface area contributed by atoms with Gasteiger partial charge in [-0.15, -0.1) is 0 Å². The standard InChI is InChI=1S/C14H8Cl2O4/c15-11-8-4-7-10(12(11)16)14(18)20-19-13(17)9-5-2-1-3-6-9/h1-8H. The van der Waals surface area contributed by atoms with Gasteiger partial charge in [-0.1, -0.05) is 47.5 Å². The molecule has 0 bridgehead atoms. The summed E-state index contributed by atoms with van der Waals surface area (Å²) in [5.41, 5.74) is 0.275. The van der Waals surface area contributed by atoms with Crippen molar-refractivity contribution in [3.63, 3.8) is 0 Å². The van der Waals surface area contributed by atoms with Crippen LogP contribution in [0.5, 0.6) is 0 Å². The van der Waals surface area contributed by atoms with Gasteiger partial charge < -0.3 is 0 Å². The summed E-state index contributed by atoms with van der Waals surface area (Å²) in [6.45, 7) is 0. The highest BCUT2D eigenvalue weighted by molar-refractivity contribution is 6.43. The average molecular weight is 311 g/mol. The first-order valence-electron chi connectivity index (χ1n) is 5.52. The molecule has 0 N–H and O–H groups in total. The van der Waals surface area contributed by atoms with Crippen molar-refractivity contribution in [1.82, 2.24) is 0 Å². The number of benzene rings is 2. The molecular weight excluding hydrogens is 303 g/mol. The van der Waals surface area contributed by atoms with Crippen molar-refractivity contribution in [2.75, 3.05) is 0 Å². The van der Waals surface area contributed by atoms with E-state index in [0.29, 0.717) is 0 Å². The van der Waals surface area contributed by atoms with Crippen molar-refractivity contribution >= 4 is 35.1 Å². The van der Waals surface area contributed by atoms with Crippen LogP contribution in [0.1, 0.15) is 20.7 Å². The Morgan fingerprint density at radius 2 is 1.45 bits per heavy atom. The monoisotopic (exact) mass is 310 g/mol. The van der Waals surface area contributed by atoms with Gasteiger partial charge in [-0.05, 0) is 24.3 Å². The fourth-order valence-electron chi connectivity index (χ4n) is 1.40. The van der Waals surface area contributed by atoms with Crippen molar-refractivity contribution in [3.8, 4) is 0 Å². The first-order valence-corrected chi connectivity index (χ1v) is 6.27. The summed E-state index contributed by atoms with van der Waals surface area (Å²) in [5, 5.41) is 0.241. The molecule has 0 atom stereocenters. The predicted octanol–water partition coefficient (Wildman–Crippen LogP) is 3.92. The minimum absolute atomic E-state index is 0.0139. The van der Waals surface area contributed by atoms with Crippen LogP contribution >= 0.6 is 23.2 Å². The number of carbonyl (C=O) groups excluding carboxylic acids is 2. The molecule has 0 amide bonds. The Hall–Kier alpha value is -2.04. The second-order valence-corrected chi connectivity index (χ2v) is 4.49. The van der Waals surface area contributed by atoms with Crippen molar-refractivity contribution in [3.05, 3.63) is 69.7 Å². The summed E-state index contributed by atoms with van der Waals surface area (Å²) in [5.74, 6) is -1.68. The van der Waals surface area contributed by atoms with Crippen LogP contribution in [0, 0.1) is 0 Å². The van der Waals surface area contributed by atoms with Crippen LogP contribution in [0.3, 0.4) is 0 Å². The molecule has 2 rings (SSSR count). The van der Waals surface area contributed by atoms with Crippen LogP contribution in [0.4, 0.5) is 0 Å². The van der Waals surface area contributed by atoms with E-state index in [-0.39, 0.29) is 21.2 Å². The van der Waals surface area contributed by atoms with Gasteiger partial charge in [0.15, 0.2) is 0 Å². The highest BCUT2D eigenvalue weighted by Gasteiger charge is 2.17. The second kappa shape index (κ2) is 6.41. The molecule has 4 nitrogen and oxygen atoms in total. The van der Waals surface area contributed by atoms with E-state index in [0.717, 1.165) is 0 Å². The number of hydrogen-bond donors (Lipinski definition) is 0. The van der Waals surface area contributed by atoms with Gasteiger partial charge in [-0.3, -0.25) is 0 Å². The number of halogens is 2. The third-order valence-corrected chi connectivity index (χ3v) is 3.19. The maximum absolute atomic E-state index is 11.7. The van der Waals surface area contributed by atoms with Crippen LogP contribution < -0.4 is 0 Å². The van der Waals surface area contributed by atoms with E-state index in [9.17, 15) is 9.59 Å². The van der Waals surface area contributed by atoms with Gasteiger partial charge in [-0.25, -0.2) is 19.4 Å². The number of rotatable bonds is 2. The lowest BCUT2D eigenvalue weighted by atomic mass is 10.2. The van der Waals surface area contributed by atoms with E-state index in [1.165, 1.54) is 30.3 Å². The zero-order valence-electron chi connectivity index (χ0n) is 10.0. The fraction of sp³-hybridized carbons (Fsp3) is 0. The molecule has 0 radical (unpaired) electrons. The Morgan fingerprint density at radius 1 is 0.800 bits per heavy atom. The third kappa shape index (κ3) is 3.29.